The molecular weight excluding hydrogens is 369 g/mol. The molecular formula is C20H25F3N4O. The topological polar surface area (TPSA) is 53.2 Å². The van der Waals surface area contributed by atoms with Crippen molar-refractivity contribution >= 4 is 5.69 Å². The summed E-state index contributed by atoms with van der Waals surface area (Å²) in [6.45, 7) is 2.14. The van der Waals surface area contributed by atoms with Gasteiger partial charge < -0.3 is 19.9 Å². The molecule has 8 heteroatoms. The zero-order valence-corrected chi connectivity index (χ0v) is 15.6. The van der Waals surface area contributed by atoms with E-state index in [0.717, 1.165) is 24.2 Å². The summed E-state index contributed by atoms with van der Waals surface area (Å²) in [5.41, 5.74) is 1.76. The molecule has 0 bridgehead atoms. The molecule has 0 amide bonds. The molecule has 1 aromatic carbocycles. The van der Waals surface area contributed by atoms with E-state index >= 15 is 0 Å². The van der Waals surface area contributed by atoms with E-state index < -0.39 is 11.7 Å². The Kier molecular flexibility index (Phi) is 5.59. The summed E-state index contributed by atoms with van der Waals surface area (Å²) in [7, 11) is 0. The number of H-pyrrole nitrogens is 1. The van der Waals surface area contributed by atoms with Crippen LogP contribution in [0.2, 0.25) is 0 Å². The zero-order chi connectivity index (χ0) is 19.6. The van der Waals surface area contributed by atoms with Crippen molar-refractivity contribution in [1.82, 2.24) is 15.3 Å². The summed E-state index contributed by atoms with van der Waals surface area (Å²) in [6, 6.07) is 4.04. The number of halogens is 3. The maximum atomic E-state index is 13.2. The van der Waals surface area contributed by atoms with E-state index in [2.05, 4.69) is 20.2 Å². The summed E-state index contributed by atoms with van der Waals surface area (Å²) >= 11 is 0. The third-order valence-corrected chi connectivity index (χ3v) is 5.57. The number of imidazole rings is 1. The zero-order valence-electron chi connectivity index (χ0n) is 15.6. The highest BCUT2D eigenvalue weighted by Gasteiger charge is 2.33. The van der Waals surface area contributed by atoms with E-state index in [1.165, 1.54) is 25.0 Å². The third-order valence-electron chi connectivity index (χ3n) is 5.57. The van der Waals surface area contributed by atoms with Gasteiger partial charge in [0, 0.05) is 25.0 Å². The molecule has 2 aliphatic rings. The van der Waals surface area contributed by atoms with E-state index in [-0.39, 0.29) is 6.04 Å². The van der Waals surface area contributed by atoms with Crippen molar-refractivity contribution in [2.75, 3.05) is 18.1 Å². The van der Waals surface area contributed by atoms with Crippen LogP contribution in [0, 0.1) is 0 Å². The number of nitrogens with one attached hydrogen (secondary N) is 2. The maximum Gasteiger partial charge on any atom is 0.416 e. The predicted molar refractivity (Wildman–Crippen MR) is 99.9 cm³/mol. The van der Waals surface area contributed by atoms with Gasteiger partial charge in [-0.25, -0.2) is 4.98 Å². The summed E-state index contributed by atoms with van der Waals surface area (Å²) in [5, 5.41) is 3.30. The number of hydrogen-bond donors (Lipinski definition) is 2. The lowest BCUT2D eigenvalue weighted by Gasteiger charge is -2.33. The van der Waals surface area contributed by atoms with Crippen molar-refractivity contribution in [2.45, 2.75) is 57.1 Å². The molecule has 1 saturated carbocycles. The normalized spacial score (nSPS) is 21.0. The van der Waals surface area contributed by atoms with Crippen molar-refractivity contribution in [3.63, 3.8) is 0 Å². The average molecular weight is 394 g/mol. The van der Waals surface area contributed by atoms with E-state index in [9.17, 15) is 13.2 Å². The molecule has 1 unspecified atom stereocenters. The summed E-state index contributed by atoms with van der Waals surface area (Å²) in [6.07, 6.45) is 3.89. The number of hydrogen-bond acceptors (Lipinski definition) is 4. The van der Waals surface area contributed by atoms with Gasteiger partial charge in [-0.3, -0.25) is 0 Å². The molecule has 2 heterocycles. The number of fused-ring (bicyclic) bond motifs is 1. The molecule has 1 aliphatic heterocycles. The summed E-state index contributed by atoms with van der Waals surface area (Å²) in [5.74, 6) is 0. The Hall–Kier alpha value is -2.06. The first-order valence-electron chi connectivity index (χ1n) is 9.77. The molecule has 1 aliphatic carbocycles. The van der Waals surface area contributed by atoms with E-state index in [1.54, 1.807) is 18.6 Å². The smallest absolute Gasteiger partial charge is 0.376 e. The first-order chi connectivity index (χ1) is 13.5. The molecule has 28 heavy (non-hydrogen) atoms. The average Bonchev–Trinajstić information content (AvgIpc) is 3.33. The van der Waals surface area contributed by atoms with Crippen molar-refractivity contribution in [1.29, 1.82) is 0 Å². The van der Waals surface area contributed by atoms with Gasteiger partial charge in [0.15, 0.2) is 0 Å². The van der Waals surface area contributed by atoms with Gasteiger partial charge in [-0.1, -0.05) is 12.8 Å². The SMILES string of the molecule is FC(F)(F)c1ccc2c(c1)CNCC(COC1CCCC1)N2Cc1cnc[nH]1. The highest BCUT2D eigenvalue weighted by atomic mass is 19.4. The van der Waals surface area contributed by atoms with Crippen LogP contribution < -0.4 is 10.2 Å². The molecule has 1 fully saturated rings. The monoisotopic (exact) mass is 394 g/mol. The predicted octanol–water partition coefficient (Wildman–Crippen LogP) is 3.87. The van der Waals surface area contributed by atoms with E-state index in [0.29, 0.717) is 37.9 Å². The van der Waals surface area contributed by atoms with Crippen molar-refractivity contribution in [3.05, 3.63) is 47.5 Å². The minimum Gasteiger partial charge on any atom is -0.376 e. The second-order valence-corrected chi connectivity index (χ2v) is 7.57. The van der Waals surface area contributed by atoms with Gasteiger partial charge in [0.25, 0.3) is 0 Å². The standard InChI is InChI=1S/C20H25F3N4O/c21-20(22,23)15-5-6-19-14(7-15)8-24-10-17(12-28-18-3-1-2-4-18)27(19)11-16-9-25-13-26-16/h5-7,9,13,17-18,24H,1-4,8,10-12H2,(H,25,26). The molecule has 4 rings (SSSR count). The number of nitrogens with zero attached hydrogens (tertiary/aromatic N) is 2. The molecule has 5 nitrogen and oxygen atoms in total. The van der Waals surface area contributed by atoms with Gasteiger partial charge in [-0.05, 0) is 36.6 Å². The Morgan fingerprint density at radius 2 is 2.04 bits per heavy atom. The number of ether oxygens (including phenoxy) is 1. The van der Waals surface area contributed by atoms with Gasteiger partial charge in [0.05, 0.1) is 42.9 Å². The van der Waals surface area contributed by atoms with Gasteiger partial charge in [-0.15, -0.1) is 0 Å². The number of aromatic nitrogens is 2. The maximum absolute atomic E-state index is 13.2. The number of benzene rings is 1. The largest absolute Gasteiger partial charge is 0.416 e. The van der Waals surface area contributed by atoms with Gasteiger partial charge in [-0.2, -0.15) is 13.2 Å². The molecule has 2 aromatic rings. The minimum absolute atomic E-state index is 0.0295. The minimum atomic E-state index is -4.35. The van der Waals surface area contributed by atoms with E-state index in [1.807, 2.05) is 0 Å². The van der Waals surface area contributed by atoms with Crippen molar-refractivity contribution in [2.24, 2.45) is 0 Å². The lowest BCUT2D eigenvalue weighted by atomic mass is 10.1. The molecule has 1 aromatic heterocycles. The molecule has 2 N–H and O–H groups in total. The molecule has 152 valence electrons. The fraction of sp³-hybridized carbons (Fsp3) is 0.550. The van der Waals surface area contributed by atoms with Crippen LogP contribution in [-0.4, -0.2) is 35.3 Å². The van der Waals surface area contributed by atoms with E-state index in [4.69, 9.17) is 4.74 Å². The molecule has 0 saturated heterocycles. The Balaban J connectivity index is 1.61. The van der Waals surface area contributed by atoms with Crippen LogP contribution in [0.3, 0.4) is 0 Å². The third kappa shape index (κ3) is 4.33. The van der Waals surface area contributed by atoms with Crippen molar-refractivity contribution in [3.8, 4) is 0 Å². The molecule has 1 atom stereocenters. The first kappa shape index (κ1) is 19.3. The van der Waals surface area contributed by atoms with Crippen molar-refractivity contribution < 1.29 is 17.9 Å². The van der Waals surface area contributed by atoms with Gasteiger partial charge >= 0.3 is 6.18 Å². The summed E-state index contributed by atoms with van der Waals surface area (Å²) in [4.78, 5) is 9.30. The highest BCUT2D eigenvalue weighted by molar-refractivity contribution is 5.57. The second kappa shape index (κ2) is 8.13. The number of alkyl halides is 3. The second-order valence-electron chi connectivity index (χ2n) is 7.57. The Bertz CT molecular complexity index is 772. The fourth-order valence-corrected chi connectivity index (χ4v) is 4.08. The Morgan fingerprint density at radius 3 is 2.75 bits per heavy atom. The Morgan fingerprint density at radius 1 is 1.21 bits per heavy atom. The quantitative estimate of drug-likeness (QED) is 0.809. The number of rotatable bonds is 5. The van der Waals surface area contributed by atoms with Crippen LogP contribution in [0.15, 0.2) is 30.7 Å². The number of aromatic amines is 1. The highest BCUT2D eigenvalue weighted by Crippen LogP contribution is 2.35. The van der Waals surface area contributed by atoms with Crippen LogP contribution >= 0.6 is 0 Å². The van der Waals surface area contributed by atoms with Crippen LogP contribution in [0.25, 0.3) is 0 Å². The van der Waals surface area contributed by atoms with Crippen LogP contribution in [0.5, 0.6) is 0 Å². The lowest BCUT2D eigenvalue weighted by Crippen LogP contribution is -2.44. The van der Waals surface area contributed by atoms with Crippen LogP contribution in [-0.2, 0) is 24.0 Å². The Labute approximate surface area is 162 Å². The molecule has 0 radical (unpaired) electrons. The fourth-order valence-electron chi connectivity index (χ4n) is 4.08. The summed E-state index contributed by atoms with van der Waals surface area (Å²) < 4.78 is 45.6. The van der Waals surface area contributed by atoms with Gasteiger partial charge in [0.1, 0.15) is 0 Å². The number of anilines is 1. The molecule has 0 spiro atoms. The lowest BCUT2D eigenvalue weighted by molar-refractivity contribution is -0.137. The van der Waals surface area contributed by atoms with Crippen LogP contribution in [0.1, 0.15) is 42.5 Å². The van der Waals surface area contributed by atoms with Crippen LogP contribution in [0.4, 0.5) is 18.9 Å². The first-order valence-corrected chi connectivity index (χ1v) is 9.77. The van der Waals surface area contributed by atoms with Gasteiger partial charge in [0.2, 0.25) is 0 Å².